The van der Waals surface area contributed by atoms with Crippen LogP contribution in [-0.2, 0) is 14.9 Å². The Morgan fingerprint density at radius 2 is 2.08 bits per heavy atom. The van der Waals surface area contributed by atoms with Crippen molar-refractivity contribution in [2.24, 2.45) is 0 Å². The van der Waals surface area contributed by atoms with E-state index in [1.807, 2.05) is 0 Å². The molecule has 0 saturated heterocycles. The van der Waals surface area contributed by atoms with Gasteiger partial charge >= 0.3 is 29.6 Å². The van der Waals surface area contributed by atoms with Crippen LogP contribution in [0, 0.1) is 0 Å². The number of hydrogen-bond acceptors (Lipinski definition) is 4. The second-order valence-electron chi connectivity index (χ2n) is 2.15. The van der Waals surface area contributed by atoms with Crippen molar-refractivity contribution in [2.75, 3.05) is 12.4 Å². The maximum absolute atomic E-state index is 10.2. The Morgan fingerprint density at radius 3 is 2.46 bits per heavy atom. The molecule has 5 nitrogen and oxygen atoms in total. The predicted octanol–water partition coefficient (Wildman–Crippen LogP) is -0.863. The number of aliphatic hydroxyl groups is 1. The van der Waals surface area contributed by atoms with Gasteiger partial charge in [0.1, 0.15) is 0 Å². The van der Waals surface area contributed by atoms with Crippen LogP contribution in [0.5, 0.6) is 0 Å². The van der Waals surface area contributed by atoms with Crippen LogP contribution in [0.4, 0.5) is 0 Å². The molecule has 0 bridgehead atoms. The van der Waals surface area contributed by atoms with Crippen molar-refractivity contribution in [3.05, 3.63) is 12.7 Å². The van der Waals surface area contributed by atoms with E-state index in [-0.39, 0.29) is 42.6 Å². The molecule has 7 heteroatoms. The molecule has 0 fully saturated rings. The summed E-state index contributed by atoms with van der Waals surface area (Å²) in [5.41, 5.74) is 0. The molecule has 0 radical (unpaired) electrons. The first-order valence-electron chi connectivity index (χ1n) is 3.31. The Morgan fingerprint density at radius 1 is 1.54 bits per heavy atom. The summed E-state index contributed by atoms with van der Waals surface area (Å²) >= 11 is 0. The summed E-state index contributed by atoms with van der Waals surface area (Å²) < 4.78 is 33.3. The molecule has 0 aromatic heterocycles. The molecular weight excluding hydrogens is 207 g/mol. The van der Waals surface area contributed by atoms with Crippen LogP contribution in [0.15, 0.2) is 12.7 Å². The normalized spacial score (nSPS) is 13.1. The van der Waals surface area contributed by atoms with E-state index in [0.29, 0.717) is 0 Å². The second kappa shape index (κ2) is 7.93. The van der Waals surface area contributed by atoms with Crippen LogP contribution in [0.2, 0.25) is 0 Å². The topological polar surface area (TPSA) is 83.8 Å². The molecule has 0 saturated carbocycles. The Labute approximate surface area is 99.8 Å². The molecule has 2 N–H and O–H groups in total. The number of aliphatic hydroxyl groups excluding tert-OH is 1. The van der Waals surface area contributed by atoms with Crippen LogP contribution in [0.1, 0.15) is 6.42 Å². The van der Waals surface area contributed by atoms with E-state index in [1.54, 1.807) is 0 Å². The first kappa shape index (κ1) is 16.0. The summed E-state index contributed by atoms with van der Waals surface area (Å²) in [6.07, 6.45) is 0.105. The fourth-order valence-corrected chi connectivity index (χ4v) is 1.01. The van der Waals surface area contributed by atoms with Gasteiger partial charge in [-0.1, -0.05) is 6.08 Å². The zero-order valence-electron chi connectivity index (χ0n) is 6.51. The molecule has 0 heterocycles. The van der Waals surface area contributed by atoms with E-state index in [1.165, 1.54) is 6.08 Å². The average molecular weight is 220 g/mol. The summed E-state index contributed by atoms with van der Waals surface area (Å²) in [6, 6.07) is 0. The van der Waals surface area contributed by atoms with Crippen molar-refractivity contribution in [3.8, 4) is 0 Å². The van der Waals surface area contributed by atoms with Crippen LogP contribution in [-0.4, -0.2) is 66.3 Å². The van der Waals surface area contributed by atoms with E-state index in [0.717, 1.165) is 0 Å². The summed E-state index contributed by atoms with van der Waals surface area (Å²) in [5, 5.41) is 8.90. The van der Waals surface area contributed by atoms with Gasteiger partial charge in [0.05, 0.1) is 12.4 Å². The SMILES string of the molecule is C=CCOC(O)CCS(=O)(=O)O.[NaH]. The minimum absolute atomic E-state index is 0. The molecular formula is C6H13NaO5S. The Bertz CT molecular complexity index is 225. The average Bonchev–Trinajstić information content (AvgIpc) is 1.95. The van der Waals surface area contributed by atoms with Gasteiger partial charge in [0.2, 0.25) is 0 Å². The molecule has 0 aliphatic carbocycles. The predicted molar refractivity (Wildman–Crippen MR) is 50.3 cm³/mol. The molecule has 74 valence electrons. The summed E-state index contributed by atoms with van der Waals surface area (Å²) in [7, 11) is -4.01. The monoisotopic (exact) mass is 220 g/mol. The summed E-state index contributed by atoms with van der Waals surface area (Å²) in [6.45, 7) is 3.48. The Kier molecular flexibility index (Phi) is 9.77. The van der Waals surface area contributed by atoms with Crippen LogP contribution in [0.3, 0.4) is 0 Å². The van der Waals surface area contributed by atoms with Crippen LogP contribution >= 0.6 is 0 Å². The van der Waals surface area contributed by atoms with Gasteiger partial charge in [-0.05, 0) is 0 Å². The van der Waals surface area contributed by atoms with E-state index in [2.05, 4.69) is 11.3 Å². The molecule has 1 atom stereocenters. The Balaban J connectivity index is 0. The summed E-state index contributed by atoms with van der Waals surface area (Å²) in [4.78, 5) is 0. The first-order valence-corrected chi connectivity index (χ1v) is 4.92. The van der Waals surface area contributed by atoms with Gasteiger partial charge in [-0.25, -0.2) is 0 Å². The van der Waals surface area contributed by atoms with E-state index < -0.39 is 22.2 Å². The van der Waals surface area contributed by atoms with Crippen molar-refractivity contribution >= 4 is 39.7 Å². The molecule has 0 aliphatic rings. The molecule has 0 spiro atoms. The fraction of sp³-hybridized carbons (Fsp3) is 0.667. The number of ether oxygens (including phenoxy) is 1. The molecule has 0 amide bonds. The van der Waals surface area contributed by atoms with Gasteiger partial charge in [-0.15, -0.1) is 6.58 Å². The van der Waals surface area contributed by atoms with Crippen LogP contribution in [0.25, 0.3) is 0 Å². The molecule has 0 aliphatic heterocycles. The van der Waals surface area contributed by atoms with E-state index >= 15 is 0 Å². The van der Waals surface area contributed by atoms with Crippen LogP contribution < -0.4 is 0 Å². The zero-order chi connectivity index (χ0) is 9.61. The third-order valence-corrected chi connectivity index (χ3v) is 1.78. The maximum atomic E-state index is 10.2. The molecule has 1 unspecified atom stereocenters. The Hall–Kier alpha value is 0.570. The molecule has 0 rings (SSSR count). The van der Waals surface area contributed by atoms with Gasteiger partial charge < -0.3 is 9.84 Å². The third-order valence-electron chi connectivity index (χ3n) is 1.03. The number of rotatable bonds is 6. The second-order valence-corrected chi connectivity index (χ2v) is 3.72. The number of hydrogen-bond donors (Lipinski definition) is 2. The third kappa shape index (κ3) is 12.6. The van der Waals surface area contributed by atoms with Crippen molar-refractivity contribution in [1.29, 1.82) is 0 Å². The van der Waals surface area contributed by atoms with Crippen molar-refractivity contribution in [3.63, 3.8) is 0 Å². The van der Waals surface area contributed by atoms with E-state index in [4.69, 9.17) is 9.66 Å². The zero-order valence-corrected chi connectivity index (χ0v) is 7.33. The quantitative estimate of drug-likeness (QED) is 0.263. The van der Waals surface area contributed by atoms with E-state index in [9.17, 15) is 8.42 Å². The first-order chi connectivity index (χ1) is 5.45. The van der Waals surface area contributed by atoms with Gasteiger partial charge in [0, 0.05) is 6.42 Å². The van der Waals surface area contributed by atoms with Gasteiger partial charge in [-0.3, -0.25) is 4.55 Å². The standard InChI is InChI=1S/C6H12O5S.Na.H/c1-2-4-11-6(7)3-5-12(8,9)10;;/h2,6-7H,1,3-5H2,(H,8,9,10);;. The molecule has 0 aromatic carbocycles. The van der Waals surface area contributed by atoms with Gasteiger partial charge in [0.25, 0.3) is 10.1 Å². The minimum atomic E-state index is -4.01. The van der Waals surface area contributed by atoms with Gasteiger partial charge in [-0.2, -0.15) is 8.42 Å². The van der Waals surface area contributed by atoms with Crippen molar-refractivity contribution < 1.29 is 22.8 Å². The van der Waals surface area contributed by atoms with Crippen molar-refractivity contribution in [1.82, 2.24) is 0 Å². The summed E-state index contributed by atoms with van der Waals surface area (Å²) in [5.74, 6) is -0.509. The van der Waals surface area contributed by atoms with Gasteiger partial charge in [0.15, 0.2) is 6.29 Å². The van der Waals surface area contributed by atoms with Crippen molar-refractivity contribution in [2.45, 2.75) is 12.7 Å². The molecule has 0 aromatic rings. The fourth-order valence-electron chi connectivity index (χ4n) is 0.512. The molecule has 13 heavy (non-hydrogen) atoms.